The normalized spacial score (nSPS) is 22.4. The molecule has 0 aromatic carbocycles. The van der Waals surface area contributed by atoms with Crippen molar-refractivity contribution in [1.82, 2.24) is 5.32 Å². The Morgan fingerprint density at radius 1 is 1.57 bits per heavy atom. The van der Waals surface area contributed by atoms with E-state index < -0.39 is 0 Å². The van der Waals surface area contributed by atoms with E-state index in [9.17, 15) is 0 Å². The third-order valence-electron chi connectivity index (χ3n) is 2.13. The lowest BCUT2D eigenvalue weighted by atomic mass is 10.3. The minimum atomic E-state index is 0.179. The molecule has 78 valence electrons. The van der Waals surface area contributed by atoms with E-state index in [4.69, 9.17) is 13.9 Å². The molecule has 1 saturated heterocycles. The Labute approximate surface area is 83.2 Å². The number of furan rings is 1. The zero-order valence-corrected chi connectivity index (χ0v) is 8.07. The van der Waals surface area contributed by atoms with E-state index in [1.54, 1.807) is 6.26 Å². The zero-order valence-electron chi connectivity index (χ0n) is 8.07. The van der Waals surface area contributed by atoms with Crippen molar-refractivity contribution in [3.05, 3.63) is 24.2 Å². The largest absolute Gasteiger partial charge is 0.467 e. The first-order chi connectivity index (χ1) is 6.95. The number of rotatable bonds is 4. The molecule has 1 atom stereocenters. The first-order valence-electron chi connectivity index (χ1n) is 4.87. The van der Waals surface area contributed by atoms with Gasteiger partial charge in [0.25, 0.3) is 0 Å². The number of morpholine rings is 1. The maximum atomic E-state index is 5.48. The Morgan fingerprint density at radius 2 is 2.57 bits per heavy atom. The van der Waals surface area contributed by atoms with Crippen LogP contribution >= 0.6 is 0 Å². The van der Waals surface area contributed by atoms with Gasteiger partial charge in [-0.05, 0) is 12.1 Å². The molecule has 2 rings (SSSR count). The third kappa shape index (κ3) is 2.83. The smallest absolute Gasteiger partial charge is 0.129 e. The Bertz CT molecular complexity index is 242. The lowest BCUT2D eigenvalue weighted by molar-refractivity contribution is -0.0384. The minimum Gasteiger partial charge on any atom is -0.467 e. The number of hydrogen-bond acceptors (Lipinski definition) is 4. The molecule has 1 aromatic rings. The Balaban J connectivity index is 1.62. The molecule has 0 saturated carbocycles. The molecular weight excluding hydrogens is 182 g/mol. The fraction of sp³-hybridized carbons (Fsp3) is 0.600. The van der Waals surface area contributed by atoms with Crippen molar-refractivity contribution in [3.63, 3.8) is 0 Å². The monoisotopic (exact) mass is 197 g/mol. The highest BCUT2D eigenvalue weighted by Gasteiger charge is 2.13. The summed E-state index contributed by atoms with van der Waals surface area (Å²) in [7, 11) is 0. The number of hydrogen-bond donors (Lipinski definition) is 1. The summed E-state index contributed by atoms with van der Waals surface area (Å²) in [6, 6.07) is 3.76. The molecule has 0 spiro atoms. The maximum Gasteiger partial charge on any atom is 0.129 e. The molecule has 4 nitrogen and oxygen atoms in total. The van der Waals surface area contributed by atoms with E-state index in [1.165, 1.54) is 0 Å². The van der Waals surface area contributed by atoms with Gasteiger partial charge < -0.3 is 19.2 Å². The first-order valence-corrected chi connectivity index (χ1v) is 4.87. The van der Waals surface area contributed by atoms with Crippen LogP contribution in [0, 0.1) is 0 Å². The van der Waals surface area contributed by atoms with Crippen LogP contribution in [0.5, 0.6) is 0 Å². The summed E-state index contributed by atoms with van der Waals surface area (Å²) >= 11 is 0. The van der Waals surface area contributed by atoms with Crippen molar-refractivity contribution in [3.8, 4) is 0 Å². The molecule has 14 heavy (non-hydrogen) atoms. The Morgan fingerprint density at radius 3 is 3.29 bits per heavy atom. The van der Waals surface area contributed by atoms with Crippen LogP contribution < -0.4 is 5.32 Å². The summed E-state index contributed by atoms with van der Waals surface area (Å²) in [5, 5.41) is 3.25. The molecule has 0 radical (unpaired) electrons. The van der Waals surface area contributed by atoms with Crippen LogP contribution in [0.25, 0.3) is 0 Å². The maximum absolute atomic E-state index is 5.48. The minimum absolute atomic E-state index is 0.179. The van der Waals surface area contributed by atoms with Crippen LogP contribution in [0.4, 0.5) is 0 Å². The second kappa shape index (κ2) is 5.14. The molecule has 1 fully saturated rings. The van der Waals surface area contributed by atoms with Crippen LogP contribution in [0.3, 0.4) is 0 Å². The van der Waals surface area contributed by atoms with Crippen molar-refractivity contribution in [1.29, 1.82) is 0 Å². The molecule has 1 unspecified atom stereocenters. The number of nitrogens with one attached hydrogen (secondary N) is 1. The number of ether oxygens (including phenoxy) is 2. The zero-order chi connectivity index (χ0) is 9.64. The fourth-order valence-corrected chi connectivity index (χ4v) is 1.41. The van der Waals surface area contributed by atoms with Gasteiger partial charge in [0, 0.05) is 13.1 Å². The topological polar surface area (TPSA) is 43.6 Å². The summed E-state index contributed by atoms with van der Waals surface area (Å²) in [6.07, 6.45) is 1.83. The van der Waals surface area contributed by atoms with E-state index in [0.717, 1.165) is 25.5 Å². The molecule has 4 heteroatoms. The van der Waals surface area contributed by atoms with Crippen LogP contribution in [0.1, 0.15) is 5.76 Å². The molecular formula is C10H15NO3. The van der Waals surface area contributed by atoms with Gasteiger partial charge in [-0.1, -0.05) is 0 Å². The average molecular weight is 197 g/mol. The Kier molecular flexibility index (Phi) is 3.57. The van der Waals surface area contributed by atoms with Crippen molar-refractivity contribution in [2.45, 2.75) is 12.7 Å². The SMILES string of the molecule is c1coc(COCC2CNCCO2)c1. The summed E-state index contributed by atoms with van der Waals surface area (Å²) in [5.41, 5.74) is 0. The molecule has 0 bridgehead atoms. The molecule has 0 aliphatic carbocycles. The van der Waals surface area contributed by atoms with Crippen LogP contribution in [-0.4, -0.2) is 32.4 Å². The van der Waals surface area contributed by atoms with Gasteiger partial charge in [-0.15, -0.1) is 0 Å². The van der Waals surface area contributed by atoms with Gasteiger partial charge in [-0.25, -0.2) is 0 Å². The van der Waals surface area contributed by atoms with Gasteiger partial charge in [0.05, 0.1) is 25.6 Å². The predicted octanol–water partition coefficient (Wildman–Crippen LogP) is 0.785. The summed E-state index contributed by atoms with van der Waals surface area (Å²) in [6.45, 7) is 3.72. The van der Waals surface area contributed by atoms with E-state index in [2.05, 4.69) is 5.32 Å². The quantitative estimate of drug-likeness (QED) is 0.774. The third-order valence-corrected chi connectivity index (χ3v) is 2.13. The highest BCUT2D eigenvalue weighted by molar-refractivity contribution is 4.96. The van der Waals surface area contributed by atoms with Crippen molar-refractivity contribution < 1.29 is 13.9 Å². The van der Waals surface area contributed by atoms with Gasteiger partial charge in [-0.3, -0.25) is 0 Å². The molecule has 1 N–H and O–H groups in total. The van der Waals surface area contributed by atoms with Gasteiger partial charge >= 0.3 is 0 Å². The molecule has 1 aliphatic heterocycles. The lowest BCUT2D eigenvalue weighted by Crippen LogP contribution is -2.40. The van der Waals surface area contributed by atoms with Crippen molar-refractivity contribution >= 4 is 0 Å². The first kappa shape index (κ1) is 9.71. The van der Waals surface area contributed by atoms with Crippen LogP contribution in [0.2, 0.25) is 0 Å². The Hall–Kier alpha value is -0.840. The second-order valence-electron chi connectivity index (χ2n) is 3.29. The van der Waals surface area contributed by atoms with E-state index in [1.807, 2.05) is 12.1 Å². The van der Waals surface area contributed by atoms with Crippen molar-refractivity contribution in [2.75, 3.05) is 26.3 Å². The van der Waals surface area contributed by atoms with Crippen LogP contribution in [-0.2, 0) is 16.1 Å². The molecule has 2 heterocycles. The summed E-state index contributed by atoms with van der Waals surface area (Å²) < 4.78 is 16.1. The summed E-state index contributed by atoms with van der Waals surface area (Å²) in [4.78, 5) is 0. The average Bonchev–Trinajstić information content (AvgIpc) is 2.72. The molecule has 1 aliphatic rings. The fourth-order valence-electron chi connectivity index (χ4n) is 1.41. The van der Waals surface area contributed by atoms with Crippen LogP contribution in [0.15, 0.2) is 22.8 Å². The van der Waals surface area contributed by atoms with Gasteiger partial charge in [0.2, 0.25) is 0 Å². The van der Waals surface area contributed by atoms with Gasteiger partial charge in [-0.2, -0.15) is 0 Å². The van der Waals surface area contributed by atoms with E-state index in [-0.39, 0.29) is 6.10 Å². The summed E-state index contributed by atoms with van der Waals surface area (Å²) in [5.74, 6) is 0.855. The molecule has 0 amide bonds. The highest BCUT2D eigenvalue weighted by Crippen LogP contribution is 2.03. The molecule has 1 aromatic heterocycles. The predicted molar refractivity (Wildman–Crippen MR) is 51.0 cm³/mol. The van der Waals surface area contributed by atoms with Crippen molar-refractivity contribution in [2.24, 2.45) is 0 Å². The van der Waals surface area contributed by atoms with E-state index in [0.29, 0.717) is 13.2 Å². The van der Waals surface area contributed by atoms with E-state index >= 15 is 0 Å². The van der Waals surface area contributed by atoms with Gasteiger partial charge in [0.1, 0.15) is 12.4 Å². The lowest BCUT2D eigenvalue weighted by Gasteiger charge is -2.23. The van der Waals surface area contributed by atoms with Gasteiger partial charge in [0.15, 0.2) is 0 Å². The highest BCUT2D eigenvalue weighted by atomic mass is 16.5. The standard InChI is InChI=1S/C10H15NO3/c1-2-9(13-4-1)7-12-8-10-6-11-3-5-14-10/h1-2,4,10-11H,3,5-8H2. The second-order valence-corrected chi connectivity index (χ2v) is 3.29.